The number of hydroxylamine groups is 1. The summed E-state index contributed by atoms with van der Waals surface area (Å²) in [5, 5.41) is 2.74. The average Bonchev–Trinajstić information content (AvgIpc) is 2.93. The van der Waals surface area contributed by atoms with Crippen LogP contribution < -0.4 is 20.4 Å². The summed E-state index contributed by atoms with van der Waals surface area (Å²) in [6, 6.07) is 15.1. The fourth-order valence-corrected chi connectivity index (χ4v) is 2.19. The molecule has 2 aromatic rings. The molecule has 0 aromatic heterocycles. The van der Waals surface area contributed by atoms with Gasteiger partial charge in [-0.05, 0) is 18.2 Å². The summed E-state index contributed by atoms with van der Waals surface area (Å²) in [5.74, 6) is 1.16. The molecule has 0 saturated heterocycles. The van der Waals surface area contributed by atoms with Crippen molar-refractivity contribution in [2.24, 2.45) is 0 Å². The maximum Gasteiger partial charge on any atom is 0.276 e. The third-order valence-corrected chi connectivity index (χ3v) is 3.40. The molecular weight excluding hydrogens is 308 g/mol. The summed E-state index contributed by atoms with van der Waals surface area (Å²) in [6.07, 6.45) is 3.16. The number of fused-ring (bicyclic) bond motifs is 2. The first kappa shape index (κ1) is 15.6. The van der Waals surface area contributed by atoms with Gasteiger partial charge >= 0.3 is 0 Å². The van der Waals surface area contributed by atoms with Gasteiger partial charge in [-0.25, -0.2) is 0 Å². The second-order valence-corrected chi connectivity index (χ2v) is 5.11. The van der Waals surface area contributed by atoms with Gasteiger partial charge in [0.05, 0.1) is 0 Å². The van der Waals surface area contributed by atoms with E-state index >= 15 is 0 Å². The minimum absolute atomic E-state index is 0.0637. The van der Waals surface area contributed by atoms with Crippen LogP contribution in [-0.4, -0.2) is 18.4 Å². The van der Waals surface area contributed by atoms with Crippen LogP contribution in [0.3, 0.4) is 0 Å². The van der Waals surface area contributed by atoms with Crippen molar-refractivity contribution in [2.75, 3.05) is 6.61 Å². The molecule has 0 radical (unpaired) electrons. The Kier molecular flexibility index (Phi) is 4.76. The van der Waals surface area contributed by atoms with Crippen molar-refractivity contribution in [1.29, 1.82) is 0 Å². The predicted molar refractivity (Wildman–Crippen MR) is 88.0 cm³/mol. The number of benzene rings is 2. The van der Waals surface area contributed by atoms with E-state index in [0.29, 0.717) is 12.3 Å². The van der Waals surface area contributed by atoms with Gasteiger partial charge in [-0.15, -0.1) is 0 Å². The normalized spacial score (nSPS) is 14.8. The first-order valence-electron chi connectivity index (χ1n) is 7.44. The average molecular weight is 324 g/mol. The van der Waals surface area contributed by atoms with E-state index in [1.807, 2.05) is 42.5 Å². The maximum atomic E-state index is 10.9. The van der Waals surface area contributed by atoms with Crippen LogP contribution >= 0.6 is 0 Å². The lowest BCUT2D eigenvalue weighted by molar-refractivity contribution is -0.123. The Bertz CT molecular complexity index is 757. The van der Waals surface area contributed by atoms with Crippen LogP contribution in [0.1, 0.15) is 11.1 Å². The number of nitrogens with one attached hydrogen (secondary N) is 2. The van der Waals surface area contributed by atoms with E-state index in [-0.39, 0.29) is 18.4 Å². The fourth-order valence-electron chi connectivity index (χ4n) is 2.19. The molecule has 0 atom stereocenters. The largest absolute Gasteiger partial charge is 0.483 e. The lowest BCUT2D eigenvalue weighted by Crippen LogP contribution is -2.25. The monoisotopic (exact) mass is 324 g/mol. The minimum atomic E-state index is -0.244. The Hall–Kier alpha value is -3.28. The molecule has 24 heavy (non-hydrogen) atoms. The SMILES string of the molecule is O=C1C=Cc2ccccc2ON1.O=C1COc2ccccc2CN1. The van der Waals surface area contributed by atoms with Crippen molar-refractivity contribution in [3.8, 4) is 11.5 Å². The van der Waals surface area contributed by atoms with E-state index < -0.39 is 0 Å². The molecule has 2 aliphatic heterocycles. The first-order chi connectivity index (χ1) is 11.7. The molecule has 0 bridgehead atoms. The second kappa shape index (κ2) is 7.32. The molecule has 0 aliphatic carbocycles. The van der Waals surface area contributed by atoms with Crippen LogP contribution in [0, 0.1) is 0 Å². The predicted octanol–water partition coefficient (Wildman–Crippen LogP) is 1.82. The number of rotatable bonds is 0. The molecule has 2 heterocycles. The summed E-state index contributed by atoms with van der Waals surface area (Å²) >= 11 is 0. The van der Waals surface area contributed by atoms with Crippen molar-refractivity contribution in [2.45, 2.75) is 6.54 Å². The molecule has 6 nitrogen and oxygen atoms in total. The number of carbonyl (C=O) groups is 2. The summed E-state index contributed by atoms with van der Waals surface area (Å²) < 4.78 is 5.25. The topological polar surface area (TPSA) is 76.7 Å². The summed E-state index contributed by atoms with van der Waals surface area (Å²) in [5.41, 5.74) is 4.20. The number of carbonyl (C=O) groups excluding carboxylic acids is 2. The summed E-state index contributed by atoms with van der Waals surface area (Å²) in [7, 11) is 0. The molecule has 6 heteroatoms. The van der Waals surface area contributed by atoms with Gasteiger partial charge in [0.25, 0.3) is 11.8 Å². The molecule has 122 valence electrons. The number of para-hydroxylation sites is 2. The quantitative estimate of drug-likeness (QED) is 0.775. The molecule has 2 amide bonds. The van der Waals surface area contributed by atoms with Crippen LogP contribution in [0.15, 0.2) is 54.6 Å². The van der Waals surface area contributed by atoms with E-state index in [1.54, 1.807) is 12.1 Å². The maximum absolute atomic E-state index is 10.9. The van der Waals surface area contributed by atoms with Gasteiger partial charge in [0.15, 0.2) is 12.4 Å². The number of hydrogen-bond donors (Lipinski definition) is 2. The lowest BCUT2D eigenvalue weighted by atomic mass is 10.2. The van der Waals surface area contributed by atoms with Crippen LogP contribution in [-0.2, 0) is 16.1 Å². The highest BCUT2D eigenvalue weighted by molar-refractivity contribution is 5.92. The zero-order valence-electron chi connectivity index (χ0n) is 12.8. The molecule has 0 unspecified atom stereocenters. The Morgan fingerprint density at radius 1 is 0.875 bits per heavy atom. The van der Waals surface area contributed by atoms with Crippen molar-refractivity contribution < 1.29 is 19.2 Å². The lowest BCUT2D eigenvalue weighted by Gasteiger charge is -2.03. The molecule has 2 aromatic carbocycles. The highest BCUT2D eigenvalue weighted by atomic mass is 16.7. The second-order valence-electron chi connectivity index (χ2n) is 5.11. The third-order valence-electron chi connectivity index (χ3n) is 3.40. The van der Waals surface area contributed by atoms with Crippen LogP contribution in [0.5, 0.6) is 11.5 Å². The highest BCUT2D eigenvalue weighted by Crippen LogP contribution is 2.20. The van der Waals surface area contributed by atoms with Gasteiger partial charge in [-0.3, -0.25) is 9.59 Å². The Morgan fingerprint density at radius 3 is 2.50 bits per heavy atom. The van der Waals surface area contributed by atoms with Crippen molar-refractivity contribution >= 4 is 17.9 Å². The zero-order valence-corrected chi connectivity index (χ0v) is 12.8. The van der Waals surface area contributed by atoms with Gasteiger partial charge in [-0.1, -0.05) is 36.4 Å². The standard InChI is InChI=1S/C9H9NO2.C9H7NO2/c11-9-6-12-8-4-2-1-3-7(8)5-10-9;11-9-6-5-7-3-1-2-4-8(7)12-10-9/h1-4H,5-6H2,(H,10,11);1-6H,(H,10,11). The van der Waals surface area contributed by atoms with E-state index in [1.165, 1.54) is 6.08 Å². The van der Waals surface area contributed by atoms with Gasteiger partial charge in [0, 0.05) is 23.7 Å². The molecular formula is C18H16N2O4. The molecule has 2 N–H and O–H groups in total. The Morgan fingerprint density at radius 2 is 1.62 bits per heavy atom. The summed E-state index contributed by atoms with van der Waals surface area (Å²) in [6.45, 7) is 0.687. The fraction of sp³-hybridized carbons (Fsp3) is 0.111. The molecule has 0 saturated carbocycles. The van der Waals surface area contributed by atoms with Crippen molar-refractivity contribution in [3.63, 3.8) is 0 Å². The number of hydrogen-bond acceptors (Lipinski definition) is 4. The zero-order chi connectivity index (χ0) is 16.8. The number of amides is 2. The van der Waals surface area contributed by atoms with Gasteiger partial charge < -0.3 is 14.9 Å². The Balaban J connectivity index is 0.000000141. The molecule has 0 spiro atoms. The third kappa shape index (κ3) is 3.92. The molecule has 2 aliphatic rings. The minimum Gasteiger partial charge on any atom is -0.483 e. The van der Waals surface area contributed by atoms with Crippen molar-refractivity contribution in [3.05, 3.63) is 65.7 Å². The van der Waals surface area contributed by atoms with Gasteiger partial charge in [0.2, 0.25) is 0 Å². The van der Waals surface area contributed by atoms with Crippen LogP contribution in [0.4, 0.5) is 0 Å². The van der Waals surface area contributed by atoms with Gasteiger partial charge in [0.1, 0.15) is 5.75 Å². The van der Waals surface area contributed by atoms with E-state index in [4.69, 9.17) is 9.57 Å². The highest BCUT2D eigenvalue weighted by Gasteiger charge is 2.11. The van der Waals surface area contributed by atoms with Gasteiger partial charge in [-0.2, -0.15) is 5.48 Å². The first-order valence-corrected chi connectivity index (χ1v) is 7.44. The molecule has 0 fully saturated rings. The van der Waals surface area contributed by atoms with Crippen LogP contribution in [0.25, 0.3) is 6.08 Å². The van der Waals surface area contributed by atoms with E-state index in [2.05, 4.69) is 10.8 Å². The molecule has 4 rings (SSSR count). The van der Waals surface area contributed by atoms with Crippen LogP contribution in [0.2, 0.25) is 0 Å². The summed E-state index contributed by atoms with van der Waals surface area (Å²) in [4.78, 5) is 26.7. The smallest absolute Gasteiger partial charge is 0.276 e. The van der Waals surface area contributed by atoms with E-state index in [9.17, 15) is 9.59 Å². The van der Waals surface area contributed by atoms with Crippen molar-refractivity contribution in [1.82, 2.24) is 10.8 Å². The van der Waals surface area contributed by atoms with E-state index in [0.717, 1.165) is 16.9 Å². The number of ether oxygens (including phenoxy) is 1. The Labute approximate surface area is 139 Å².